The summed E-state index contributed by atoms with van der Waals surface area (Å²) >= 11 is 0. The number of carbonyl (C=O) groups is 1. The minimum Gasteiger partial charge on any atom is -0.367 e. The number of rotatable bonds is 7. The second kappa shape index (κ2) is 9.65. The Labute approximate surface area is 216 Å². The molecule has 0 radical (unpaired) electrons. The van der Waals surface area contributed by atoms with Crippen molar-refractivity contribution in [3.63, 3.8) is 0 Å². The Kier molecular flexibility index (Phi) is 6.37. The molecule has 5 rings (SSSR count). The fraction of sp³-hybridized carbons (Fsp3) is 0.321. The average Bonchev–Trinajstić information content (AvgIpc) is 3.58. The van der Waals surface area contributed by atoms with Crippen molar-refractivity contribution in [1.29, 1.82) is 0 Å². The molecule has 0 aliphatic heterocycles. The number of pyridine rings is 1. The zero-order chi connectivity index (χ0) is 26.2. The van der Waals surface area contributed by atoms with Gasteiger partial charge in [-0.1, -0.05) is 6.07 Å². The van der Waals surface area contributed by atoms with Crippen LogP contribution in [0.1, 0.15) is 55.4 Å². The van der Waals surface area contributed by atoms with Crippen LogP contribution in [0.4, 0.5) is 23.0 Å². The summed E-state index contributed by atoms with van der Waals surface area (Å²) in [7, 11) is 0. The molecule has 1 aromatic carbocycles. The van der Waals surface area contributed by atoms with Crippen molar-refractivity contribution in [1.82, 2.24) is 24.7 Å². The van der Waals surface area contributed by atoms with Crippen molar-refractivity contribution in [2.45, 2.75) is 59.0 Å². The van der Waals surface area contributed by atoms with Gasteiger partial charge in [-0.25, -0.2) is 15.0 Å². The monoisotopic (exact) mass is 496 g/mol. The Hall–Kier alpha value is -4.27. The topological polar surface area (TPSA) is 110 Å². The predicted octanol–water partition coefficient (Wildman–Crippen LogP) is 5.68. The van der Waals surface area contributed by atoms with E-state index >= 15 is 0 Å². The highest BCUT2D eigenvalue weighted by Gasteiger charge is 2.22. The van der Waals surface area contributed by atoms with Crippen LogP contribution in [0.3, 0.4) is 0 Å². The number of aromatic nitrogens is 5. The van der Waals surface area contributed by atoms with E-state index in [9.17, 15) is 4.79 Å². The van der Waals surface area contributed by atoms with Gasteiger partial charge in [0.1, 0.15) is 18.0 Å². The lowest BCUT2D eigenvalue weighted by Crippen LogP contribution is -2.25. The van der Waals surface area contributed by atoms with Crippen LogP contribution in [0, 0.1) is 13.8 Å². The summed E-state index contributed by atoms with van der Waals surface area (Å²) in [6.45, 7) is 10.1. The van der Waals surface area contributed by atoms with Crippen LogP contribution in [-0.4, -0.2) is 36.7 Å². The molecule has 0 saturated heterocycles. The van der Waals surface area contributed by atoms with Crippen LogP contribution in [0.15, 0.2) is 55.0 Å². The summed E-state index contributed by atoms with van der Waals surface area (Å²) in [4.78, 5) is 26.4. The number of hydrogen-bond acceptors (Lipinski definition) is 7. The molecule has 3 N–H and O–H groups in total. The molecule has 0 atom stereocenters. The third-order valence-corrected chi connectivity index (χ3v) is 6.18. The minimum absolute atomic E-state index is 0.206. The second-order valence-electron chi connectivity index (χ2n) is 10.5. The van der Waals surface area contributed by atoms with Crippen LogP contribution in [0.25, 0.3) is 11.3 Å². The SMILES string of the molecule is Cc1ccc(NC(=O)c2cc(C)n(C(C)(C)C)n2)cc1Nc1ncccc1-c1cc(NC2CC2)ncn1. The molecule has 1 saturated carbocycles. The molecule has 1 aliphatic carbocycles. The first-order valence-electron chi connectivity index (χ1n) is 12.5. The van der Waals surface area contributed by atoms with Crippen LogP contribution in [-0.2, 0) is 5.54 Å². The fourth-order valence-corrected chi connectivity index (χ4v) is 4.15. The van der Waals surface area contributed by atoms with E-state index in [-0.39, 0.29) is 11.4 Å². The molecule has 1 fully saturated rings. The van der Waals surface area contributed by atoms with E-state index < -0.39 is 0 Å². The Morgan fingerprint density at radius 1 is 1.03 bits per heavy atom. The minimum atomic E-state index is -0.254. The van der Waals surface area contributed by atoms with Crippen molar-refractivity contribution in [3.05, 3.63) is 71.9 Å². The normalized spacial score (nSPS) is 13.3. The molecule has 190 valence electrons. The lowest BCUT2D eigenvalue weighted by atomic mass is 10.1. The quantitative estimate of drug-likeness (QED) is 0.302. The van der Waals surface area contributed by atoms with E-state index in [4.69, 9.17) is 0 Å². The van der Waals surface area contributed by atoms with E-state index in [0.29, 0.717) is 23.2 Å². The third-order valence-electron chi connectivity index (χ3n) is 6.18. The Morgan fingerprint density at radius 2 is 1.84 bits per heavy atom. The summed E-state index contributed by atoms with van der Waals surface area (Å²) in [5.41, 5.74) is 5.27. The lowest BCUT2D eigenvalue weighted by molar-refractivity contribution is 0.102. The maximum absolute atomic E-state index is 13.0. The van der Waals surface area contributed by atoms with Gasteiger partial charge in [-0.15, -0.1) is 0 Å². The zero-order valence-electron chi connectivity index (χ0n) is 21.8. The van der Waals surface area contributed by atoms with E-state index in [1.165, 1.54) is 12.8 Å². The van der Waals surface area contributed by atoms with E-state index in [1.807, 2.05) is 61.0 Å². The van der Waals surface area contributed by atoms with E-state index in [2.05, 4.69) is 56.8 Å². The van der Waals surface area contributed by atoms with Gasteiger partial charge in [0.2, 0.25) is 0 Å². The van der Waals surface area contributed by atoms with Gasteiger partial charge in [0.05, 0.1) is 11.2 Å². The highest BCUT2D eigenvalue weighted by atomic mass is 16.2. The average molecular weight is 497 g/mol. The van der Waals surface area contributed by atoms with Crippen molar-refractivity contribution < 1.29 is 4.79 Å². The van der Waals surface area contributed by atoms with Gasteiger partial charge in [-0.3, -0.25) is 9.48 Å². The van der Waals surface area contributed by atoms with Gasteiger partial charge >= 0.3 is 0 Å². The van der Waals surface area contributed by atoms with Gasteiger partial charge in [0.25, 0.3) is 5.91 Å². The van der Waals surface area contributed by atoms with Crippen LogP contribution < -0.4 is 16.0 Å². The number of carbonyl (C=O) groups excluding carboxylic acids is 1. The third kappa shape index (κ3) is 5.61. The maximum Gasteiger partial charge on any atom is 0.276 e. The molecule has 0 spiro atoms. The number of aryl methyl sites for hydroxylation is 2. The molecule has 4 aromatic rings. The first kappa shape index (κ1) is 24.4. The lowest BCUT2D eigenvalue weighted by Gasteiger charge is -2.21. The van der Waals surface area contributed by atoms with Gasteiger partial charge in [-0.05, 0) is 83.4 Å². The molecule has 1 amide bonds. The number of nitrogens with one attached hydrogen (secondary N) is 3. The van der Waals surface area contributed by atoms with E-state index in [0.717, 1.165) is 34.0 Å². The number of nitrogens with zero attached hydrogens (tertiary/aromatic N) is 5. The maximum atomic E-state index is 13.0. The summed E-state index contributed by atoms with van der Waals surface area (Å²) < 4.78 is 1.87. The molecule has 0 unspecified atom stereocenters. The Bertz CT molecular complexity index is 1450. The van der Waals surface area contributed by atoms with Gasteiger partial charge in [-0.2, -0.15) is 5.10 Å². The highest BCUT2D eigenvalue weighted by molar-refractivity contribution is 6.03. The molecule has 0 bridgehead atoms. The smallest absolute Gasteiger partial charge is 0.276 e. The molecule has 3 aromatic heterocycles. The molecular formula is C28H32N8O. The summed E-state index contributed by atoms with van der Waals surface area (Å²) in [5.74, 6) is 1.23. The second-order valence-corrected chi connectivity index (χ2v) is 10.5. The predicted molar refractivity (Wildman–Crippen MR) is 146 cm³/mol. The summed E-state index contributed by atoms with van der Waals surface area (Å²) in [5, 5.41) is 14.4. The number of hydrogen-bond donors (Lipinski definition) is 3. The molecular weight excluding hydrogens is 464 g/mol. The van der Waals surface area contributed by atoms with Crippen LogP contribution >= 0.6 is 0 Å². The summed E-state index contributed by atoms with van der Waals surface area (Å²) in [6, 6.07) is 13.9. The molecule has 1 aliphatic rings. The number of benzene rings is 1. The van der Waals surface area contributed by atoms with Crippen molar-refractivity contribution >= 4 is 28.9 Å². The Morgan fingerprint density at radius 3 is 2.57 bits per heavy atom. The van der Waals surface area contributed by atoms with E-state index in [1.54, 1.807) is 12.5 Å². The molecule has 9 heteroatoms. The molecule has 37 heavy (non-hydrogen) atoms. The van der Waals surface area contributed by atoms with Crippen molar-refractivity contribution in [2.75, 3.05) is 16.0 Å². The zero-order valence-corrected chi connectivity index (χ0v) is 21.8. The highest BCUT2D eigenvalue weighted by Crippen LogP contribution is 2.31. The van der Waals surface area contributed by atoms with Crippen LogP contribution in [0.2, 0.25) is 0 Å². The largest absolute Gasteiger partial charge is 0.367 e. The fourth-order valence-electron chi connectivity index (χ4n) is 4.15. The standard InChI is InChI=1S/C28H32N8O/c1-17-8-9-20(33-27(37)24-13-18(2)36(35-24)28(3,4)5)14-22(17)34-26-21(7-6-12-29-26)23-15-25(31-16-30-23)32-19-10-11-19/h6-9,12-16,19H,10-11H2,1-5H3,(H,29,34)(H,33,37)(H,30,31,32). The van der Waals surface area contributed by atoms with Gasteiger partial charge < -0.3 is 16.0 Å². The number of amides is 1. The van der Waals surface area contributed by atoms with Crippen molar-refractivity contribution in [2.24, 2.45) is 0 Å². The summed E-state index contributed by atoms with van der Waals surface area (Å²) in [6.07, 6.45) is 5.65. The first-order valence-corrected chi connectivity index (χ1v) is 12.5. The van der Waals surface area contributed by atoms with Gasteiger partial charge in [0, 0.05) is 40.9 Å². The molecule has 9 nitrogen and oxygen atoms in total. The molecule has 3 heterocycles. The Balaban J connectivity index is 1.37. The van der Waals surface area contributed by atoms with Crippen LogP contribution in [0.5, 0.6) is 0 Å². The van der Waals surface area contributed by atoms with Gasteiger partial charge in [0.15, 0.2) is 5.69 Å². The number of anilines is 4. The van der Waals surface area contributed by atoms with Crippen molar-refractivity contribution in [3.8, 4) is 11.3 Å². The first-order chi connectivity index (χ1) is 17.7.